The number of benzene rings is 1. The van der Waals surface area contributed by atoms with Gasteiger partial charge in [0.2, 0.25) is 0 Å². The fraction of sp³-hybridized carbons (Fsp3) is 0.462. The summed E-state index contributed by atoms with van der Waals surface area (Å²) in [5.74, 6) is 0. The summed E-state index contributed by atoms with van der Waals surface area (Å²) >= 11 is 0. The van der Waals surface area contributed by atoms with Crippen LogP contribution in [0.1, 0.15) is 18.5 Å². The van der Waals surface area contributed by atoms with Crippen molar-refractivity contribution < 1.29 is 15.0 Å². The number of nitrogens with zero attached hydrogens (tertiary/aromatic N) is 1. The first-order valence-corrected chi connectivity index (χ1v) is 6.21. The molecule has 0 bridgehead atoms. The molecule has 0 heterocycles. The molecule has 2 amide bonds. The molecule has 0 fully saturated rings. The van der Waals surface area contributed by atoms with E-state index >= 15 is 0 Å². The van der Waals surface area contributed by atoms with Gasteiger partial charge in [0.05, 0.1) is 13.2 Å². The van der Waals surface area contributed by atoms with Crippen LogP contribution in [0.15, 0.2) is 24.3 Å². The van der Waals surface area contributed by atoms with Crippen LogP contribution in [0.25, 0.3) is 0 Å². The van der Waals surface area contributed by atoms with Gasteiger partial charge in [0.15, 0.2) is 0 Å². The maximum Gasteiger partial charge on any atom is 0.321 e. The zero-order valence-electron chi connectivity index (χ0n) is 11.0. The first kappa shape index (κ1) is 15.4. The van der Waals surface area contributed by atoms with E-state index in [0.29, 0.717) is 5.69 Å². The molecule has 0 spiro atoms. The Bertz CT molecular complexity index is 404. The number of aliphatic hydroxyl groups excluding tert-OH is 2. The van der Waals surface area contributed by atoms with Crippen LogP contribution in [0, 0.1) is 0 Å². The van der Waals surface area contributed by atoms with Gasteiger partial charge in [0.25, 0.3) is 0 Å². The van der Waals surface area contributed by atoms with E-state index in [-0.39, 0.29) is 38.4 Å². The lowest BCUT2D eigenvalue weighted by Crippen LogP contribution is -2.38. The van der Waals surface area contributed by atoms with Crippen LogP contribution in [-0.2, 0) is 0 Å². The maximum atomic E-state index is 11.9. The molecule has 1 aromatic carbocycles. The Kier molecular flexibility index (Phi) is 6.27. The predicted octanol–water partition coefficient (Wildman–Crippen LogP) is 0.525. The number of aliphatic hydroxyl groups is 2. The molecule has 0 aliphatic heterocycles. The van der Waals surface area contributed by atoms with Crippen molar-refractivity contribution in [3.8, 4) is 0 Å². The Morgan fingerprint density at radius 1 is 1.37 bits per heavy atom. The van der Waals surface area contributed by atoms with Crippen molar-refractivity contribution in [3.05, 3.63) is 29.8 Å². The van der Waals surface area contributed by atoms with Gasteiger partial charge in [-0.1, -0.05) is 12.1 Å². The van der Waals surface area contributed by atoms with Crippen molar-refractivity contribution in [2.24, 2.45) is 5.73 Å². The van der Waals surface area contributed by atoms with Crippen LogP contribution < -0.4 is 11.1 Å². The summed E-state index contributed by atoms with van der Waals surface area (Å²) in [6.45, 7) is 1.93. The molecule has 0 saturated heterocycles. The molecule has 6 nitrogen and oxygen atoms in total. The molecular weight excluding hydrogens is 246 g/mol. The lowest BCUT2D eigenvalue weighted by atomic mass is 10.1. The standard InChI is InChI=1S/C13H21N3O3/c1-10(14)11-3-2-4-12(9-11)15-13(19)16(5-7-17)6-8-18/h2-4,9-10,17-18H,5-8,14H2,1H3,(H,15,19). The van der Waals surface area contributed by atoms with Gasteiger partial charge in [-0.25, -0.2) is 4.79 Å². The Morgan fingerprint density at radius 2 is 2.00 bits per heavy atom. The molecule has 1 atom stereocenters. The monoisotopic (exact) mass is 267 g/mol. The quantitative estimate of drug-likeness (QED) is 0.604. The zero-order valence-corrected chi connectivity index (χ0v) is 11.0. The molecule has 5 N–H and O–H groups in total. The highest BCUT2D eigenvalue weighted by Crippen LogP contribution is 2.15. The number of hydrogen-bond donors (Lipinski definition) is 4. The first-order valence-electron chi connectivity index (χ1n) is 6.21. The SMILES string of the molecule is CC(N)c1cccc(NC(=O)N(CCO)CCO)c1. The first-order chi connectivity index (χ1) is 9.08. The summed E-state index contributed by atoms with van der Waals surface area (Å²) in [6.07, 6.45) is 0. The molecule has 1 unspecified atom stereocenters. The van der Waals surface area contributed by atoms with Gasteiger partial charge >= 0.3 is 6.03 Å². The van der Waals surface area contributed by atoms with Crippen LogP contribution >= 0.6 is 0 Å². The molecule has 1 aromatic rings. The van der Waals surface area contributed by atoms with Crippen molar-refractivity contribution in [3.63, 3.8) is 0 Å². The fourth-order valence-corrected chi connectivity index (χ4v) is 1.66. The Hall–Kier alpha value is -1.63. The molecule has 0 aliphatic rings. The van der Waals surface area contributed by atoms with Gasteiger partial charge < -0.3 is 26.2 Å². The molecule has 19 heavy (non-hydrogen) atoms. The van der Waals surface area contributed by atoms with E-state index in [1.54, 1.807) is 12.1 Å². The number of anilines is 1. The molecule has 106 valence electrons. The van der Waals surface area contributed by atoms with E-state index < -0.39 is 0 Å². The number of nitrogens with one attached hydrogen (secondary N) is 1. The van der Waals surface area contributed by atoms with E-state index in [1.165, 1.54) is 4.90 Å². The van der Waals surface area contributed by atoms with Crippen LogP contribution in [0.2, 0.25) is 0 Å². The lowest BCUT2D eigenvalue weighted by molar-refractivity contribution is 0.167. The number of carbonyl (C=O) groups is 1. The lowest BCUT2D eigenvalue weighted by Gasteiger charge is -2.21. The highest BCUT2D eigenvalue weighted by atomic mass is 16.3. The Labute approximate surface area is 112 Å². The van der Waals surface area contributed by atoms with Crippen LogP contribution in [-0.4, -0.2) is 47.4 Å². The van der Waals surface area contributed by atoms with Gasteiger partial charge in [-0.05, 0) is 24.6 Å². The van der Waals surface area contributed by atoms with Gasteiger partial charge in [-0.2, -0.15) is 0 Å². The maximum absolute atomic E-state index is 11.9. The largest absolute Gasteiger partial charge is 0.395 e. The topological polar surface area (TPSA) is 98.8 Å². The highest BCUT2D eigenvalue weighted by Gasteiger charge is 2.12. The van der Waals surface area contributed by atoms with Crippen LogP contribution in [0.3, 0.4) is 0 Å². The van der Waals surface area contributed by atoms with Crippen molar-refractivity contribution in [2.45, 2.75) is 13.0 Å². The fourth-order valence-electron chi connectivity index (χ4n) is 1.66. The van der Waals surface area contributed by atoms with E-state index in [2.05, 4.69) is 5.32 Å². The Morgan fingerprint density at radius 3 is 2.53 bits per heavy atom. The number of amides is 2. The number of urea groups is 1. The van der Waals surface area contributed by atoms with Crippen molar-refractivity contribution >= 4 is 11.7 Å². The summed E-state index contributed by atoms with van der Waals surface area (Å²) in [5.41, 5.74) is 7.34. The van der Waals surface area contributed by atoms with Gasteiger partial charge in [0, 0.05) is 24.8 Å². The minimum absolute atomic E-state index is 0.108. The molecule has 0 aliphatic carbocycles. The minimum Gasteiger partial charge on any atom is -0.395 e. The van der Waals surface area contributed by atoms with E-state index in [4.69, 9.17) is 15.9 Å². The number of rotatable bonds is 6. The molecule has 6 heteroatoms. The third-order valence-corrected chi connectivity index (χ3v) is 2.69. The second-order valence-corrected chi connectivity index (χ2v) is 4.28. The van der Waals surface area contributed by atoms with E-state index in [9.17, 15) is 4.79 Å². The summed E-state index contributed by atoms with van der Waals surface area (Å²) in [4.78, 5) is 13.3. The smallest absolute Gasteiger partial charge is 0.321 e. The molecule has 1 rings (SSSR count). The summed E-state index contributed by atoms with van der Waals surface area (Å²) < 4.78 is 0. The second kappa shape index (κ2) is 7.73. The summed E-state index contributed by atoms with van der Waals surface area (Å²) in [7, 11) is 0. The van der Waals surface area contributed by atoms with Crippen molar-refractivity contribution in [2.75, 3.05) is 31.6 Å². The average molecular weight is 267 g/mol. The molecule has 0 radical (unpaired) electrons. The van der Waals surface area contributed by atoms with Gasteiger partial charge in [0.1, 0.15) is 0 Å². The summed E-state index contributed by atoms with van der Waals surface area (Å²) in [6, 6.07) is 6.81. The summed E-state index contributed by atoms with van der Waals surface area (Å²) in [5, 5.41) is 20.5. The van der Waals surface area contributed by atoms with Crippen LogP contribution in [0.5, 0.6) is 0 Å². The zero-order chi connectivity index (χ0) is 14.3. The minimum atomic E-state index is -0.357. The van der Waals surface area contributed by atoms with Gasteiger partial charge in [-0.15, -0.1) is 0 Å². The number of nitrogens with two attached hydrogens (primary N) is 1. The third-order valence-electron chi connectivity index (χ3n) is 2.69. The van der Waals surface area contributed by atoms with Crippen molar-refractivity contribution in [1.29, 1.82) is 0 Å². The van der Waals surface area contributed by atoms with Crippen molar-refractivity contribution in [1.82, 2.24) is 4.90 Å². The van der Waals surface area contributed by atoms with Gasteiger partial charge in [-0.3, -0.25) is 0 Å². The van der Waals surface area contributed by atoms with E-state index in [0.717, 1.165) is 5.56 Å². The second-order valence-electron chi connectivity index (χ2n) is 4.28. The Balaban J connectivity index is 2.71. The molecule has 0 saturated carbocycles. The number of carbonyl (C=O) groups excluding carboxylic acids is 1. The normalized spacial score (nSPS) is 12.0. The number of hydrogen-bond acceptors (Lipinski definition) is 4. The predicted molar refractivity (Wildman–Crippen MR) is 73.8 cm³/mol. The van der Waals surface area contributed by atoms with Crippen LogP contribution in [0.4, 0.5) is 10.5 Å². The molecule has 0 aromatic heterocycles. The average Bonchev–Trinajstić information content (AvgIpc) is 2.38. The highest BCUT2D eigenvalue weighted by molar-refractivity contribution is 5.89. The third kappa shape index (κ3) is 4.86. The van der Waals surface area contributed by atoms with E-state index in [1.807, 2.05) is 19.1 Å². The molecular formula is C13H21N3O3.